The van der Waals surface area contributed by atoms with Gasteiger partial charge < -0.3 is 9.47 Å². The summed E-state index contributed by atoms with van der Waals surface area (Å²) in [6, 6.07) is 33.9. The first-order valence-electron chi connectivity index (χ1n) is 16.1. The first kappa shape index (κ1) is 33.9. The number of aryl methyl sites for hydroxylation is 2. The number of hydrogen-bond acceptors (Lipinski definition) is 8. The van der Waals surface area contributed by atoms with Crippen molar-refractivity contribution in [3.63, 3.8) is 0 Å². The van der Waals surface area contributed by atoms with Gasteiger partial charge in [0, 0.05) is 50.1 Å². The van der Waals surface area contributed by atoms with Crippen molar-refractivity contribution in [2.45, 2.75) is 27.7 Å². The van der Waals surface area contributed by atoms with E-state index in [9.17, 15) is 9.59 Å². The summed E-state index contributed by atoms with van der Waals surface area (Å²) in [6.45, 7) is 7.98. The summed E-state index contributed by atoms with van der Waals surface area (Å²) in [5.41, 5.74) is 8.51. The Morgan fingerprint density at radius 3 is 1.00 bits per heavy atom. The Bertz CT molecular complexity index is 2200. The van der Waals surface area contributed by atoms with Crippen molar-refractivity contribution in [1.29, 1.82) is 0 Å². The van der Waals surface area contributed by atoms with Crippen LogP contribution in [0.15, 0.2) is 97.1 Å². The summed E-state index contributed by atoms with van der Waals surface area (Å²) in [5.74, 6) is -0.882. The maximum atomic E-state index is 13.6. The number of hydrogen-bond donors (Lipinski definition) is 0. The van der Waals surface area contributed by atoms with E-state index in [4.69, 9.17) is 9.47 Å². The molecule has 4 nitrogen and oxygen atoms in total. The van der Waals surface area contributed by atoms with Crippen molar-refractivity contribution in [2.24, 2.45) is 0 Å². The van der Waals surface area contributed by atoms with Crippen LogP contribution in [0.3, 0.4) is 0 Å². The predicted octanol–water partition coefficient (Wildman–Crippen LogP) is 12.7. The molecule has 0 fully saturated rings. The molecule has 4 heterocycles. The molecule has 0 atom stereocenters. The van der Waals surface area contributed by atoms with E-state index >= 15 is 0 Å². The summed E-state index contributed by atoms with van der Waals surface area (Å²) in [5, 5.41) is 0. The van der Waals surface area contributed by atoms with Crippen LogP contribution in [-0.4, -0.2) is 26.2 Å². The summed E-state index contributed by atoms with van der Waals surface area (Å²) in [7, 11) is 2.80. The largest absolute Gasteiger partial charge is 0.465 e. The van der Waals surface area contributed by atoms with E-state index < -0.39 is 11.9 Å². The number of esters is 2. The van der Waals surface area contributed by atoms with Crippen LogP contribution in [-0.2, 0) is 9.47 Å². The van der Waals surface area contributed by atoms with Crippen molar-refractivity contribution in [3.8, 4) is 61.3 Å². The molecule has 0 aliphatic carbocycles. The number of carbonyl (C=O) groups excluding carboxylic acids is 2. The van der Waals surface area contributed by atoms with E-state index in [0.717, 1.165) is 29.3 Å². The molecule has 0 saturated heterocycles. The minimum atomic E-state index is -0.441. The van der Waals surface area contributed by atoms with Crippen molar-refractivity contribution in [2.75, 3.05) is 14.2 Å². The summed E-state index contributed by atoms with van der Waals surface area (Å²) >= 11 is 6.67. The fraction of sp³-hybridized carbons (Fsp3) is 0.143. The normalized spacial score (nSPS) is 11.2. The highest BCUT2D eigenvalue weighted by Gasteiger charge is 2.31. The van der Waals surface area contributed by atoms with Gasteiger partial charge in [-0.05, 0) is 98.5 Å². The molecule has 250 valence electrons. The van der Waals surface area contributed by atoms with E-state index in [2.05, 4.69) is 98.8 Å². The van der Waals surface area contributed by atoms with E-state index in [1.807, 2.05) is 26.0 Å². The third-order valence-corrected chi connectivity index (χ3v) is 13.7. The molecule has 3 aromatic carbocycles. The van der Waals surface area contributed by atoms with Gasteiger partial charge in [-0.1, -0.05) is 59.7 Å². The lowest BCUT2D eigenvalue weighted by Crippen LogP contribution is -2.14. The van der Waals surface area contributed by atoms with E-state index in [1.54, 1.807) is 45.3 Å². The van der Waals surface area contributed by atoms with Crippen LogP contribution in [0.25, 0.3) is 61.3 Å². The highest BCUT2D eigenvalue weighted by molar-refractivity contribution is 7.26. The van der Waals surface area contributed by atoms with Crippen molar-refractivity contribution in [1.82, 2.24) is 0 Å². The molecule has 50 heavy (non-hydrogen) atoms. The Labute approximate surface area is 308 Å². The first-order valence-corrected chi connectivity index (χ1v) is 19.3. The average Bonchev–Trinajstić information content (AvgIpc) is 3.96. The highest BCUT2D eigenvalue weighted by Crippen LogP contribution is 2.48. The maximum absolute atomic E-state index is 13.6. The second-order valence-corrected chi connectivity index (χ2v) is 16.5. The second kappa shape index (κ2) is 14.0. The van der Waals surface area contributed by atoms with Crippen LogP contribution in [0.2, 0.25) is 0 Å². The van der Waals surface area contributed by atoms with Gasteiger partial charge in [0.25, 0.3) is 0 Å². The fourth-order valence-electron chi connectivity index (χ4n) is 6.23. The Kier molecular flexibility index (Phi) is 9.46. The van der Waals surface area contributed by atoms with Gasteiger partial charge in [0.05, 0.1) is 25.3 Å². The molecular formula is C42H34O4S4. The standard InChI is InChI=1S/C42H34O4S4/c1-23-7-11-27(12-8-23)29-15-17-31(47-29)33-19-21-35(49-33)37-25(3)40(42(44)46-6)38(26(4)39(37)41(43)45-5)36-22-20-34(50-36)32-18-16-30(48-32)28-13-9-24(2)10-14-28/h7-22H,1-6H3. The Morgan fingerprint density at radius 2 is 0.680 bits per heavy atom. The molecule has 0 aliphatic rings. The molecule has 7 rings (SSSR count). The molecule has 0 spiro atoms. The molecule has 0 radical (unpaired) electrons. The van der Waals surface area contributed by atoms with Crippen molar-refractivity contribution < 1.29 is 19.1 Å². The summed E-state index contributed by atoms with van der Waals surface area (Å²) < 4.78 is 10.8. The SMILES string of the molecule is COC(=O)c1c(C)c(-c2ccc(-c3ccc(-c4ccc(C)cc4)s3)s2)c(C(=O)OC)c(C)c1-c1ccc(-c2ccc(-c3ccc(C)cc3)s2)s1. The van der Waals surface area contributed by atoms with Gasteiger partial charge in [-0.3, -0.25) is 0 Å². The lowest BCUT2D eigenvalue weighted by molar-refractivity contribution is 0.0586. The topological polar surface area (TPSA) is 52.6 Å². The Hall–Kier alpha value is -4.60. The zero-order chi connectivity index (χ0) is 35.1. The third kappa shape index (κ3) is 6.29. The molecule has 0 saturated carbocycles. The molecule has 0 N–H and O–H groups in total. The van der Waals surface area contributed by atoms with Crippen LogP contribution >= 0.6 is 45.3 Å². The van der Waals surface area contributed by atoms with Crippen molar-refractivity contribution >= 4 is 57.3 Å². The van der Waals surface area contributed by atoms with Gasteiger partial charge in [0.2, 0.25) is 0 Å². The molecule has 0 amide bonds. The molecule has 4 aromatic heterocycles. The zero-order valence-corrected chi connectivity index (χ0v) is 31.8. The summed E-state index contributed by atoms with van der Waals surface area (Å²) in [6.07, 6.45) is 0. The van der Waals surface area contributed by atoms with Crippen molar-refractivity contribution in [3.05, 3.63) is 130 Å². The fourth-order valence-corrected chi connectivity index (χ4v) is 10.7. The van der Waals surface area contributed by atoms with Gasteiger partial charge in [-0.25, -0.2) is 9.59 Å². The minimum absolute atomic E-state index is 0.441. The number of methoxy groups -OCH3 is 2. The predicted molar refractivity (Wildman–Crippen MR) is 212 cm³/mol. The quantitative estimate of drug-likeness (QED) is 0.146. The molecule has 0 unspecified atom stereocenters. The Morgan fingerprint density at radius 1 is 0.400 bits per heavy atom. The van der Waals surface area contributed by atoms with Gasteiger partial charge in [-0.2, -0.15) is 0 Å². The minimum Gasteiger partial charge on any atom is -0.465 e. The smallest absolute Gasteiger partial charge is 0.338 e. The van der Waals surface area contributed by atoms with E-state index in [-0.39, 0.29) is 0 Å². The summed E-state index contributed by atoms with van der Waals surface area (Å²) in [4.78, 5) is 35.9. The zero-order valence-electron chi connectivity index (χ0n) is 28.5. The van der Waals surface area contributed by atoms with Gasteiger partial charge in [-0.15, -0.1) is 45.3 Å². The first-order chi connectivity index (χ1) is 24.2. The molecule has 0 aliphatic heterocycles. The van der Waals surface area contributed by atoms with Crippen LogP contribution in [0.5, 0.6) is 0 Å². The van der Waals surface area contributed by atoms with E-state index in [0.29, 0.717) is 33.4 Å². The Balaban J connectivity index is 1.32. The lowest BCUT2D eigenvalue weighted by Gasteiger charge is -2.21. The van der Waals surface area contributed by atoms with Gasteiger partial charge in [0.1, 0.15) is 0 Å². The number of thiophene rings is 4. The lowest BCUT2D eigenvalue weighted by atomic mass is 9.86. The third-order valence-electron chi connectivity index (χ3n) is 8.85. The van der Waals surface area contributed by atoms with Crippen LogP contribution in [0.1, 0.15) is 43.0 Å². The molecular weight excluding hydrogens is 697 g/mol. The van der Waals surface area contributed by atoms with Crippen LogP contribution in [0.4, 0.5) is 0 Å². The van der Waals surface area contributed by atoms with Gasteiger partial charge >= 0.3 is 11.9 Å². The van der Waals surface area contributed by atoms with E-state index in [1.165, 1.54) is 46.2 Å². The maximum Gasteiger partial charge on any atom is 0.338 e. The average molecular weight is 731 g/mol. The monoisotopic (exact) mass is 730 g/mol. The molecule has 7 aromatic rings. The number of carbonyl (C=O) groups is 2. The number of benzene rings is 3. The second-order valence-electron chi connectivity index (χ2n) is 12.1. The van der Waals surface area contributed by atoms with Crippen LogP contribution < -0.4 is 0 Å². The van der Waals surface area contributed by atoms with Crippen LogP contribution in [0, 0.1) is 27.7 Å². The van der Waals surface area contributed by atoms with Gasteiger partial charge in [0.15, 0.2) is 0 Å². The number of rotatable bonds is 8. The highest BCUT2D eigenvalue weighted by atomic mass is 32.1. The molecule has 0 bridgehead atoms. The molecule has 8 heteroatoms. The number of ether oxygens (including phenoxy) is 2.